The van der Waals surface area contributed by atoms with Gasteiger partial charge in [-0.2, -0.15) is 0 Å². The number of carboxylic acids is 1. The fourth-order valence-corrected chi connectivity index (χ4v) is 3.10. The molecule has 23 heavy (non-hydrogen) atoms. The van der Waals surface area contributed by atoms with Crippen LogP contribution in [0.4, 0.5) is 5.69 Å². The van der Waals surface area contributed by atoms with Crippen LogP contribution in [0.25, 0.3) is 0 Å². The molecule has 0 aromatic heterocycles. The Kier molecular flexibility index (Phi) is 6.63. The summed E-state index contributed by atoms with van der Waals surface area (Å²) in [5, 5.41) is 8.73. The Hall–Kier alpha value is -1.36. The number of nitrogens with zero attached hydrogens (tertiary/aromatic N) is 1. The summed E-state index contributed by atoms with van der Waals surface area (Å²) in [6.45, 7) is -0.415. The van der Waals surface area contributed by atoms with Crippen LogP contribution in [0.5, 0.6) is 11.5 Å². The van der Waals surface area contributed by atoms with Gasteiger partial charge in [-0.15, -0.1) is 0 Å². The molecule has 0 unspecified atom stereocenters. The summed E-state index contributed by atoms with van der Waals surface area (Å²) in [5.74, 6) is -0.142. The van der Waals surface area contributed by atoms with Crippen LogP contribution in [0.15, 0.2) is 41.4 Å². The summed E-state index contributed by atoms with van der Waals surface area (Å²) in [7, 11) is 1.51. The molecule has 7 heteroatoms. The zero-order valence-corrected chi connectivity index (χ0v) is 16.4. The van der Waals surface area contributed by atoms with E-state index >= 15 is 0 Å². The molecule has 2 rings (SSSR count). The Morgan fingerprint density at radius 1 is 1.26 bits per heavy atom. The van der Waals surface area contributed by atoms with Crippen LogP contribution >= 0.6 is 45.2 Å². The molecule has 0 saturated heterocycles. The number of halogens is 2. The average molecular weight is 537 g/mol. The van der Waals surface area contributed by atoms with E-state index in [0.717, 1.165) is 18.4 Å². The lowest BCUT2D eigenvalue weighted by molar-refractivity contribution is -0.139. The zero-order valence-electron chi connectivity index (χ0n) is 12.1. The summed E-state index contributed by atoms with van der Waals surface area (Å²) in [4.78, 5) is 15.1. The van der Waals surface area contributed by atoms with E-state index in [1.165, 1.54) is 7.11 Å². The Morgan fingerprint density at radius 3 is 2.65 bits per heavy atom. The average Bonchev–Trinajstić information content (AvgIpc) is 2.52. The zero-order chi connectivity index (χ0) is 16.8. The molecule has 2 aromatic rings. The van der Waals surface area contributed by atoms with Crippen molar-refractivity contribution in [1.29, 1.82) is 0 Å². The maximum absolute atomic E-state index is 10.7. The van der Waals surface area contributed by atoms with Gasteiger partial charge in [-0.25, -0.2) is 4.79 Å². The highest BCUT2D eigenvalue weighted by atomic mass is 127. The van der Waals surface area contributed by atoms with Crippen LogP contribution in [-0.2, 0) is 4.79 Å². The Balaban J connectivity index is 2.29. The molecular formula is C16H13I2NO4. The van der Waals surface area contributed by atoms with Gasteiger partial charge in [-0.3, -0.25) is 4.99 Å². The topological polar surface area (TPSA) is 68.1 Å². The number of methoxy groups -OCH3 is 1. The maximum atomic E-state index is 10.7. The van der Waals surface area contributed by atoms with E-state index in [0.29, 0.717) is 11.5 Å². The summed E-state index contributed by atoms with van der Waals surface area (Å²) in [5.41, 5.74) is 1.72. The van der Waals surface area contributed by atoms with Crippen molar-refractivity contribution < 1.29 is 19.4 Å². The van der Waals surface area contributed by atoms with Gasteiger partial charge in [0.25, 0.3) is 0 Å². The first-order chi connectivity index (χ1) is 11.0. The molecule has 0 aliphatic carbocycles. The fourth-order valence-electron chi connectivity index (χ4n) is 1.79. The van der Waals surface area contributed by atoms with Crippen molar-refractivity contribution >= 4 is 63.1 Å². The maximum Gasteiger partial charge on any atom is 0.341 e. The molecular weight excluding hydrogens is 524 g/mol. The second-order valence-electron chi connectivity index (χ2n) is 4.43. The Bertz CT molecular complexity index is 747. The van der Waals surface area contributed by atoms with Gasteiger partial charge >= 0.3 is 5.97 Å². The molecule has 0 aliphatic heterocycles. The molecule has 2 aromatic carbocycles. The Morgan fingerprint density at radius 2 is 2.00 bits per heavy atom. The lowest BCUT2D eigenvalue weighted by Gasteiger charge is -2.12. The van der Waals surface area contributed by atoms with Crippen molar-refractivity contribution in [3.63, 3.8) is 0 Å². The first-order valence-electron chi connectivity index (χ1n) is 6.52. The van der Waals surface area contributed by atoms with Crippen LogP contribution in [-0.4, -0.2) is 31.0 Å². The number of para-hydroxylation sites is 1. The lowest BCUT2D eigenvalue weighted by Crippen LogP contribution is -2.11. The number of rotatable bonds is 6. The number of carboxylic acid groups (broad SMARTS) is 1. The van der Waals surface area contributed by atoms with Gasteiger partial charge in [-0.05, 0) is 75.0 Å². The number of hydrogen-bond donors (Lipinski definition) is 1. The predicted molar refractivity (Wildman–Crippen MR) is 105 cm³/mol. The van der Waals surface area contributed by atoms with Gasteiger partial charge in [0.1, 0.15) is 0 Å². The van der Waals surface area contributed by atoms with Crippen LogP contribution in [0.2, 0.25) is 0 Å². The minimum atomic E-state index is -1.04. The van der Waals surface area contributed by atoms with Gasteiger partial charge in [0.05, 0.1) is 16.4 Å². The van der Waals surface area contributed by atoms with E-state index in [9.17, 15) is 4.79 Å². The lowest BCUT2D eigenvalue weighted by atomic mass is 10.2. The van der Waals surface area contributed by atoms with Crippen molar-refractivity contribution in [2.24, 2.45) is 4.99 Å². The second-order valence-corrected chi connectivity index (χ2v) is 6.75. The van der Waals surface area contributed by atoms with Crippen molar-refractivity contribution in [2.45, 2.75) is 0 Å². The molecule has 0 fully saturated rings. The van der Waals surface area contributed by atoms with Crippen molar-refractivity contribution in [2.75, 3.05) is 13.7 Å². The van der Waals surface area contributed by atoms with Crippen LogP contribution < -0.4 is 9.47 Å². The van der Waals surface area contributed by atoms with E-state index in [2.05, 4.69) is 50.2 Å². The van der Waals surface area contributed by atoms with Gasteiger partial charge in [0.15, 0.2) is 18.1 Å². The van der Waals surface area contributed by atoms with E-state index in [1.54, 1.807) is 12.3 Å². The quantitative estimate of drug-likeness (QED) is 0.445. The van der Waals surface area contributed by atoms with E-state index < -0.39 is 12.6 Å². The SMILES string of the molecule is COc1cc(C=Nc2ccccc2I)cc(I)c1OCC(=O)O. The van der Waals surface area contributed by atoms with Crippen LogP contribution in [0.1, 0.15) is 5.56 Å². The van der Waals surface area contributed by atoms with Crippen molar-refractivity contribution in [1.82, 2.24) is 0 Å². The molecule has 120 valence electrons. The van der Waals surface area contributed by atoms with Crippen LogP contribution in [0.3, 0.4) is 0 Å². The molecule has 0 bridgehead atoms. The summed E-state index contributed by atoms with van der Waals surface area (Å²) >= 11 is 4.31. The van der Waals surface area contributed by atoms with Crippen molar-refractivity contribution in [3.05, 3.63) is 49.1 Å². The molecule has 0 amide bonds. The van der Waals surface area contributed by atoms with Gasteiger partial charge in [-0.1, -0.05) is 12.1 Å². The molecule has 0 atom stereocenters. The van der Waals surface area contributed by atoms with Crippen molar-refractivity contribution in [3.8, 4) is 11.5 Å². The number of hydrogen-bond acceptors (Lipinski definition) is 4. The minimum Gasteiger partial charge on any atom is -0.493 e. The highest BCUT2D eigenvalue weighted by Crippen LogP contribution is 2.33. The van der Waals surface area contributed by atoms with Crippen LogP contribution in [0, 0.1) is 7.14 Å². The first-order valence-corrected chi connectivity index (χ1v) is 8.67. The third-order valence-electron chi connectivity index (χ3n) is 2.80. The number of ether oxygens (including phenoxy) is 2. The minimum absolute atomic E-state index is 0.415. The number of aliphatic imine (C=N–C) groups is 1. The largest absolute Gasteiger partial charge is 0.493 e. The highest BCUT2D eigenvalue weighted by molar-refractivity contribution is 14.1. The molecule has 0 aliphatic rings. The first kappa shape index (κ1) is 18.0. The third-order valence-corrected chi connectivity index (χ3v) is 4.51. The van der Waals surface area contributed by atoms with E-state index in [1.807, 2.05) is 30.3 Å². The number of aliphatic carboxylic acids is 1. The monoisotopic (exact) mass is 537 g/mol. The summed E-state index contributed by atoms with van der Waals surface area (Å²) < 4.78 is 12.4. The van der Waals surface area contributed by atoms with E-state index in [4.69, 9.17) is 14.6 Å². The predicted octanol–water partition coefficient (Wildman–Crippen LogP) is 4.12. The fraction of sp³-hybridized carbons (Fsp3) is 0.125. The summed E-state index contributed by atoms with van der Waals surface area (Å²) in [6.07, 6.45) is 1.74. The standard InChI is InChI=1S/C16H13I2NO4/c1-22-14-7-10(6-12(18)16(14)23-9-15(20)21)8-19-13-5-3-2-4-11(13)17/h2-8H,9H2,1H3,(H,20,21). The van der Waals surface area contributed by atoms with E-state index in [-0.39, 0.29) is 0 Å². The van der Waals surface area contributed by atoms with Gasteiger partial charge < -0.3 is 14.6 Å². The molecule has 0 heterocycles. The molecule has 0 saturated carbocycles. The normalized spacial score (nSPS) is 10.7. The Labute approximate surface area is 161 Å². The molecule has 0 radical (unpaired) electrons. The molecule has 5 nitrogen and oxygen atoms in total. The molecule has 1 N–H and O–H groups in total. The van der Waals surface area contributed by atoms with Gasteiger partial charge in [0.2, 0.25) is 0 Å². The number of carbonyl (C=O) groups is 1. The van der Waals surface area contributed by atoms with Gasteiger partial charge in [0, 0.05) is 9.78 Å². The molecule has 0 spiro atoms. The third kappa shape index (κ3) is 5.06. The summed E-state index contributed by atoms with van der Waals surface area (Å²) in [6, 6.07) is 11.4. The second kappa shape index (κ2) is 8.48. The smallest absolute Gasteiger partial charge is 0.341 e. The highest BCUT2D eigenvalue weighted by Gasteiger charge is 2.12. The number of benzene rings is 2.